The Bertz CT molecular complexity index is 1280. The summed E-state index contributed by atoms with van der Waals surface area (Å²) in [6, 6.07) is 25.6. The summed E-state index contributed by atoms with van der Waals surface area (Å²) in [5.41, 5.74) is 0.791. The lowest BCUT2D eigenvalue weighted by Crippen LogP contribution is -2.43. The Kier molecular flexibility index (Phi) is 7.66. The van der Waals surface area contributed by atoms with Crippen molar-refractivity contribution in [3.8, 4) is 11.5 Å². The molecule has 0 heterocycles. The van der Waals surface area contributed by atoms with Crippen LogP contribution < -0.4 is 10.1 Å². The van der Waals surface area contributed by atoms with Gasteiger partial charge in [0.05, 0.1) is 6.61 Å². The van der Waals surface area contributed by atoms with E-state index in [2.05, 4.69) is 5.32 Å². The molecule has 3 aromatic rings. The highest BCUT2D eigenvalue weighted by molar-refractivity contribution is 5.97. The van der Waals surface area contributed by atoms with Gasteiger partial charge in [-0.05, 0) is 59.5 Å². The van der Waals surface area contributed by atoms with Gasteiger partial charge < -0.3 is 19.9 Å². The van der Waals surface area contributed by atoms with E-state index in [0.717, 1.165) is 11.1 Å². The van der Waals surface area contributed by atoms with Crippen LogP contribution in [0.2, 0.25) is 0 Å². The third-order valence-electron chi connectivity index (χ3n) is 5.69. The van der Waals surface area contributed by atoms with E-state index in [1.807, 2.05) is 74.5 Å². The average Bonchev–Trinajstić information content (AvgIpc) is 2.88. The van der Waals surface area contributed by atoms with Crippen LogP contribution in [0.1, 0.15) is 36.2 Å². The van der Waals surface area contributed by atoms with Gasteiger partial charge in [-0.25, -0.2) is 4.79 Å². The van der Waals surface area contributed by atoms with Crippen LogP contribution in [0.4, 0.5) is 0 Å². The van der Waals surface area contributed by atoms with Crippen molar-refractivity contribution in [1.29, 1.82) is 0 Å². The molecule has 0 aliphatic heterocycles. The van der Waals surface area contributed by atoms with Gasteiger partial charge in [0.15, 0.2) is 5.60 Å². The SMILES string of the molecule is CC(C)COC1(C(=O)O)C=C(NC(=O)c2cccc(Oc3ccccc3)c2)C=C(c2ccccc2)C1. The number of ether oxygens (including phenoxy) is 2. The first kappa shape index (κ1) is 24.9. The largest absolute Gasteiger partial charge is 0.479 e. The fourth-order valence-corrected chi connectivity index (χ4v) is 3.91. The lowest BCUT2D eigenvalue weighted by Gasteiger charge is -2.32. The van der Waals surface area contributed by atoms with Crippen LogP contribution >= 0.6 is 0 Å². The van der Waals surface area contributed by atoms with E-state index in [-0.39, 0.29) is 24.9 Å². The normalized spacial score (nSPS) is 17.2. The number of nitrogens with one attached hydrogen (secondary N) is 1. The first-order chi connectivity index (χ1) is 17.3. The highest BCUT2D eigenvalue weighted by Crippen LogP contribution is 2.35. The maximum Gasteiger partial charge on any atom is 0.340 e. The molecule has 6 nitrogen and oxygen atoms in total. The number of benzene rings is 3. The van der Waals surface area contributed by atoms with Gasteiger partial charge in [-0.15, -0.1) is 0 Å². The Morgan fingerprint density at radius 2 is 1.61 bits per heavy atom. The molecule has 1 atom stereocenters. The van der Waals surface area contributed by atoms with Crippen LogP contribution in [-0.2, 0) is 9.53 Å². The van der Waals surface area contributed by atoms with E-state index in [1.165, 1.54) is 6.08 Å². The van der Waals surface area contributed by atoms with E-state index in [1.54, 1.807) is 30.3 Å². The zero-order valence-electron chi connectivity index (χ0n) is 20.3. The van der Waals surface area contributed by atoms with Crippen LogP contribution in [0.25, 0.3) is 5.57 Å². The van der Waals surface area contributed by atoms with Crippen LogP contribution in [-0.4, -0.2) is 29.2 Å². The van der Waals surface area contributed by atoms with Crippen molar-refractivity contribution < 1.29 is 24.2 Å². The molecule has 4 rings (SSSR count). The molecule has 1 aliphatic rings. The monoisotopic (exact) mass is 483 g/mol. The number of rotatable bonds is 9. The van der Waals surface area contributed by atoms with Gasteiger partial charge in [-0.3, -0.25) is 4.79 Å². The minimum Gasteiger partial charge on any atom is -0.479 e. The molecule has 1 amide bonds. The number of amides is 1. The third kappa shape index (κ3) is 6.09. The van der Waals surface area contributed by atoms with E-state index >= 15 is 0 Å². The van der Waals surface area contributed by atoms with E-state index in [0.29, 0.717) is 22.8 Å². The summed E-state index contributed by atoms with van der Waals surface area (Å²) in [6.07, 6.45) is 3.45. The molecular weight excluding hydrogens is 454 g/mol. The number of aliphatic carboxylic acids is 1. The number of allylic oxidation sites excluding steroid dienone is 1. The van der Waals surface area contributed by atoms with Gasteiger partial charge in [-0.2, -0.15) is 0 Å². The van der Waals surface area contributed by atoms with Gasteiger partial charge in [0.25, 0.3) is 5.91 Å². The van der Waals surface area contributed by atoms with Crippen molar-refractivity contribution in [2.45, 2.75) is 25.9 Å². The minimum atomic E-state index is -1.59. The third-order valence-corrected chi connectivity index (χ3v) is 5.69. The fraction of sp³-hybridized carbons (Fsp3) is 0.200. The fourth-order valence-electron chi connectivity index (χ4n) is 3.91. The second-order valence-corrected chi connectivity index (χ2v) is 9.11. The molecule has 1 aliphatic carbocycles. The summed E-state index contributed by atoms with van der Waals surface area (Å²) in [6.45, 7) is 4.19. The first-order valence-electron chi connectivity index (χ1n) is 11.9. The van der Waals surface area contributed by atoms with Crippen LogP contribution in [0.3, 0.4) is 0 Å². The number of carboxylic acid groups (broad SMARTS) is 1. The highest BCUT2D eigenvalue weighted by Gasteiger charge is 2.41. The molecule has 2 N–H and O–H groups in total. The zero-order valence-corrected chi connectivity index (χ0v) is 20.3. The predicted molar refractivity (Wildman–Crippen MR) is 139 cm³/mol. The van der Waals surface area contributed by atoms with E-state index in [9.17, 15) is 14.7 Å². The molecular formula is C30H29NO5. The molecule has 0 aromatic heterocycles. The molecule has 3 aromatic carbocycles. The molecule has 0 radical (unpaired) electrons. The van der Waals surface area contributed by atoms with Gasteiger partial charge in [0.2, 0.25) is 0 Å². The summed E-state index contributed by atoms with van der Waals surface area (Å²) < 4.78 is 11.8. The maximum absolute atomic E-state index is 13.2. The van der Waals surface area contributed by atoms with Gasteiger partial charge in [0.1, 0.15) is 11.5 Å². The summed E-state index contributed by atoms with van der Waals surface area (Å²) in [7, 11) is 0. The van der Waals surface area contributed by atoms with Crippen molar-refractivity contribution in [1.82, 2.24) is 5.32 Å². The van der Waals surface area contributed by atoms with Gasteiger partial charge in [0, 0.05) is 17.7 Å². The molecule has 6 heteroatoms. The molecule has 0 bridgehead atoms. The second-order valence-electron chi connectivity index (χ2n) is 9.11. The molecule has 0 fully saturated rings. The molecule has 0 saturated carbocycles. The van der Waals surface area contributed by atoms with Crippen LogP contribution in [0.5, 0.6) is 11.5 Å². The van der Waals surface area contributed by atoms with E-state index < -0.39 is 11.6 Å². The minimum absolute atomic E-state index is 0.145. The van der Waals surface area contributed by atoms with Crippen LogP contribution in [0, 0.1) is 5.92 Å². The second kappa shape index (κ2) is 11.1. The zero-order chi connectivity index (χ0) is 25.5. The highest BCUT2D eigenvalue weighted by atomic mass is 16.5. The van der Waals surface area contributed by atoms with Crippen molar-refractivity contribution in [3.05, 3.63) is 114 Å². The Morgan fingerprint density at radius 1 is 0.944 bits per heavy atom. The summed E-state index contributed by atoms with van der Waals surface area (Å²) in [5.74, 6) is -0.157. The molecule has 1 unspecified atom stereocenters. The number of para-hydroxylation sites is 1. The lowest BCUT2D eigenvalue weighted by molar-refractivity contribution is -0.160. The number of carbonyl (C=O) groups is 2. The molecule has 0 spiro atoms. The van der Waals surface area contributed by atoms with Crippen molar-refractivity contribution in [3.63, 3.8) is 0 Å². The molecule has 184 valence electrons. The Balaban J connectivity index is 1.63. The first-order valence-corrected chi connectivity index (χ1v) is 11.9. The van der Waals surface area contributed by atoms with Crippen LogP contribution in [0.15, 0.2) is 103 Å². The molecule has 0 saturated heterocycles. The Hall–Kier alpha value is -4.16. The average molecular weight is 484 g/mol. The van der Waals surface area contributed by atoms with Crippen molar-refractivity contribution in [2.75, 3.05) is 6.61 Å². The maximum atomic E-state index is 13.2. The smallest absolute Gasteiger partial charge is 0.340 e. The Morgan fingerprint density at radius 3 is 2.28 bits per heavy atom. The lowest BCUT2D eigenvalue weighted by atomic mass is 9.84. The van der Waals surface area contributed by atoms with Gasteiger partial charge >= 0.3 is 5.97 Å². The summed E-state index contributed by atoms with van der Waals surface area (Å²) in [5, 5.41) is 13.1. The number of hydrogen-bond acceptors (Lipinski definition) is 4. The summed E-state index contributed by atoms with van der Waals surface area (Å²) >= 11 is 0. The van der Waals surface area contributed by atoms with Crippen molar-refractivity contribution in [2.24, 2.45) is 5.92 Å². The van der Waals surface area contributed by atoms with Crippen molar-refractivity contribution >= 4 is 17.4 Å². The number of carbonyl (C=O) groups excluding carboxylic acids is 1. The number of carboxylic acids is 1. The number of hydrogen-bond donors (Lipinski definition) is 2. The standard InChI is InChI=1S/C30H29NO5/c1-21(2)20-35-30(29(33)34)18-24(22-10-5-3-6-11-22)16-25(19-30)31-28(32)23-12-9-15-27(17-23)36-26-13-7-4-8-14-26/h3-17,19,21H,18,20H2,1-2H3,(H,31,32)(H,33,34). The quantitative estimate of drug-likeness (QED) is 0.386. The Labute approximate surface area is 210 Å². The topological polar surface area (TPSA) is 84.9 Å². The predicted octanol–water partition coefficient (Wildman–Crippen LogP) is 6.08. The molecule has 36 heavy (non-hydrogen) atoms. The van der Waals surface area contributed by atoms with Gasteiger partial charge in [-0.1, -0.05) is 68.4 Å². The van der Waals surface area contributed by atoms with E-state index in [4.69, 9.17) is 9.47 Å². The summed E-state index contributed by atoms with van der Waals surface area (Å²) in [4.78, 5) is 25.6.